The average molecular weight is 354 g/mol. The Bertz CT molecular complexity index is 762. The quantitative estimate of drug-likeness (QED) is 0.916. The maximum atomic E-state index is 11.6. The van der Waals surface area contributed by atoms with Gasteiger partial charge in [0.05, 0.1) is 13.2 Å². The summed E-state index contributed by atoms with van der Waals surface area (Å²) in [6.07, 6.45) is -0.511. The second-order valence-electron chi connectivity index (χ2n) is 6.79. The molecule has 2 aromatic carbocycles. The van der Waals surface area contributed by atoms with Gasteiger partial charge in [-0.1, -0.05) is 30.3 Å². The number of nitrogens with zero attached hydrogens (tertiary/aromatic N) is 2. The van der Waals surface area contributed by atoms with Gasteiger partial charge in [0.2, 0.25) is 5.91 Å². The van der Waals surface area contributed by atoms with E-state index in [1.807, 2.05) is 18.2 Å². The Morgan fingerprint density at radius 3 is 2.58 bits per heavy atom. The van der Waals surface area contributed by atoms with Crippen molar-refractivity contribution in [2.24, 2.45) is 0 Å². The van der Waals surface area contributed by atoms with Crippen LogP contribution < -0.4 is 4.74 Å². The molecule has 0 saturated carbocycles. The van der Waals surface area contributed by atoms with Gasteiger partial charge in [-0.15, -0.1) is 0 Å². The molecule has 5 nitrogen and oxygen atoms in total. The zero-order valence-corrected chi connectivity index (χ0v) is 15.4. The predicted molar refractivity (Wildman–Crippen MR) is 102 cm³/mol. The van der Waals surface area contributed by atoms with Crippen LogP contribution in [0.4, 0.5) is 0 Å². The molecule has 0 aliphatic carbocycles. The van der Waals surface area contributed by atoms with E-state index in [0.717, 1.165) is 30.0 Å². The molecule has 2 aromatic rings. The Kier molecular flexibility index (Phi) is 5.91. The van der Waals surface area contributed by atoms with Gasteiger partial charge in [0.15, 0.2) is 0 Å². The molecular formula is C21H26N2O3. The van der Waals surface area contributed by atoms with Crippen molar-refractivity contribution in [3.8, 4) is 16.9 Å². The van der Waals surface area contributed by atoms with Gasteiger partial charge in [0, 0.05) is 39.6 Å². The monoisotopic (exact) mass is 354 g/mol. The normalized spacial score (nSPS) is 18.4. The fourth-order valence-corrected chi connectivity index (χ4v) is 3.39. The largest absolute Gasteiger partial charge is 0.497 e. The Morgan fingerprint density at radius 1 is 1.12 bits per heavy atom. The summed E-state index contributed by atoms with van der Waals surface area (Å²) >= 11 is 0. The molecule has 1 atom stereocenters. The summed E-state index contributed by atoms with van der Waals surface area (Å²) < 4.78 is 5.31. The van der Waals surface area contributed by atoms with Crippen LogP contribution in [0.15, 0.2) is 48.5 Å². The van der Waals surface area contributed by atoms with Crippen LogP contribution in [0, 0.1) is 0 Å². The Hall–Kier alpha value is -2.37. The molecular weight excluding hydrogens is 328 g/mol. The first-order valence-corrected chi connectivity index (χ1v) is 8.94. The molecule has 1 fully saturated rings. The first-order valence-electron chi connectivity index (χ1n) is 8.94. The van der Waals surface area contributed by atoms with Crippen molar-refractivity contribution in [3.05, 3.63) is 54.1 Å². The van der Waals surface area contributed by atoms with Crippen LogP contribution in [0.1, 0.15) is 12.5 Å². The molecule has 1 N–H and O–H groups in total. The highest BCUT2D eigenvalue weighted by molar-refractivity contribution is 5.73. The predicted octanol–water partition coefficient (Wildman–Crippen LogP) is 2.39. The molecule has 1 heterocycles. The lowest BCUT2D eigenvalue weighted by Crippen LogP contribution is -2.36. The number of β-amino-alcohol motifs (C(OH)–C–C–N with tert-alkyl or cyclic N) is 1. The van der Waals surface area contributed by atoms with E-state index < -0.39 is 6.10 Å². The van der Waals surface area contributed by atoms with Crippen LogP contribution in [0.2, 0.25) is 0 Å². The van der Waals surface area contributed by atoms with E-state index in [4.69, 9.17) is 4.74 Å². The van der Waals surface area contributed by atoms with Crippen LogP contribution in [-0.4, -0.2) is 60.2 Å². The Labute approximate surface area is 154 Å². The number of aliphatic hydroxyl groups is 1. The van der Waals surface area contributed by atoms with Crippen molar-refractivity contribution in [1.29, 1.82) is 0 Å². The highest BCUT2D eigenvalue weighted by Gasteiger charge is 2.22. The fourth-order valence-electron chi connectivity index (χ4n) is 3.39. The third-order valence-corrected chi connectivity index (χ3v) is 4.77. The number of amides is 1. The van der Waals surface area contributed by atoms with E-state index in [1.54, 1.807) is 18.9 Å². The zero-order valence-electron chi connectivity index (χ0n) is 15.4. The van der Waals surface area contributed by atoms with Gasteiger partial charge in [-0.2, -0.15) is 0 Å². The number of aliphatic hydroxyl groups excluding tert-OH is 1. The lowest BCUT2D eigenvalue weighted by Gasteiger charge is -2.21. The first-order chi connectivity index (χ1) is 12.5. The van der Waals surface area contributed by atoms with Gasteiger partial charge < -0.3 is 14.7 Å². The topological polar surface area (TPSA) is 53.0 Å². The van der Waals surface area contributed by atoms with E-state index in [1.165, 1.54) is 5.56 Å². The molecule has 1 aliphatic rings. The summed E-state index contributed by atoms with van der Waals surface area (Å²) in [6.45, 7) is 4.71. The van der Waals surface area contributed by atoms with Crippen molar-refractivity contribution >= 4 is 5.91 Å². The number of carbonyl (C=O) groups excluding carboxylic acids is 1. The second kappa shape index (κ2) is 8.34. The highest BCUT2D eigenvalue weighted by Crippen LogP contribution is 2.25. The zero-order chi connectivity index (χ0) is 18.5. The van der Waals surface area contributed by atoms with E-state index in [2.05, 4.69) is 35.2 Å². The summed E-state index contributed by atoms with van der Waals surface area (Å²) in [5.41, 5.74) is 3.45. The molecule has 0 radical (unpaired) electrons. The summed E-state index contributed by atoms with van der Waals surface area (Å²) in [6, 6.07) is 16.4. The number of ether oxygens (including phenoxy) is 1. The van der Waals surface area contributed by atoms with Crippen molar-refractivity contribution in [2.45, 2.75) is 19.6 Å². The van der Waals surface area contributed by atoms with Crippen molar-refractivity contribution < 1.29 is 14.6 Å². The standard InChI is InChI=1S/C21H26N2O3/c1-16(24)23-10-9-22(14-20(25)15-23)13-17-5-3-6-18(11-17)19-7-4-8-21(12-19)26-2/h3-8,11-12,20,25H,9-10,13-15H2,1-2H3/t20-/m1/s1. The molecule has 0 bridgehead atoms. The highest BCUT2D eigenvalue weighted by atomic mass is 16.5. The average Bonchev–Trinajstić information content (AvgIpc) is 2.83. The maximum absolute atomic E-state index is 11.6. The molecule has 5 heteroatoms. The Morgan fingerprint density at radius 2 is 1.85 bits per heavy atom. The van der Waals surface area contributed by atoms with Crippen LogP contribution in [-0.2, 0) is 11.3 Å². The summed E-state index contributed by atoms with van der Waals surface area (Å²) in [5, 5.41) is 10.2. The van der Waals surface area contributed by atoms with Crippen LogP contribution >= 0.6 is 0 Å². The maximum Gasteiger partial charge on any atom is 0.219 e. The molecule has 138 valence electrons. The molecule has 3 rings (SSSR count). The van der Waals surface area contributed by atoms with Gasteiger partial charge in [-0.05, 0) is 34.9 Å². The van der Waals surface area contributed by atoms with E-state index >= 15 is 0 Å². The van der Waals surface area contributed by atoms with Gasteiger partial charge in [-0.25, -0.2) is 0 Å². The van der Waals surface area contributed by atoms with Crippen LogP contribution in [0.3, 0.4) is 0 Å². The van der Waals surface area contributed by atoms with Crippen molar-refractivity contribution in [1.82, 2.24) is 9.80 Å². The van der Waals surface area contributed by atoms with Crippen molar-refractivity contribution in [2.75, 3.05) is 33.3 Å². The number of hydrogen-bond acceptors (Lipinski definition) is 4. The lowest BCUT2D eigenvalue weighted by molar-refractivity contribution is -0.129. The van der Waals surface area contributed by atoms with E-state index in [9.17, 15) is 9.90 Å². The smallest absolute Gasteiger partial charge is 0.219 e. The lowest BCUT2D eigenvalue weighted by atomic mass is 10.0. The third kappa shape index (κ3) is 4.62. The Balaban J connectivity index is 1.73. The van der Waals surface area contributed by atoms with Crippen LogP contribution in [0.25, 0.3) is 11.1 Å². The molecule has 1 saturated heterocycles. The minimum absolute atomic E-state index is 0.0194. The van der Waals surface area contributed by atoms with E-state index in [-0.39, 0.29) is 5.91 Å². The number of rotatable bonds is 4. The molecule has 1 amide bonds. The van der Waals surface area contributed by atoms with Crippen LogP contribution in [0.5, 0.6) is 5.75 Å². The molecule has 26 heavy (non-hydrogen) atoms. The number of benzene rings is 2. The van der Waals surface area contributed by atoms with Gasteiger partial charge >= 0.3 is 0 Å². The minimum atomic E-state index is -0.511. The van der Waals surface area contributed by atoms with Crippen molar-refractivity contribution in [3.63, 3.8) is 0 Å². The molecule has 0 aromatic heterocycles. The van der Waals surface area contributed by atoms with Gasteiger partial charge in [0.1, 0.15) is 5.75 Å². The van der Waals surface area contributed by atoms with Gasteiger partial charge in [-0.3, -0.25) is 9.69 Å². The second-order valence-corrected chi connectivity index (χ2v) is 6.79. The fraction of sp³-hybridized carbons (Fsp3) is 0.381. The summed E-state index contributed by atoms with van der Waals surface area (Å²) in [5.74, 6) is 0.860. The van der Waals surface area contributed by atoms with E-state index in [0.29, 0.717) is 19.6 Å². The molecule has 1 aliphatic heterocycles. The third-order valence-electron chi connectivity index (χ3n) is 4.77. The minimum Gasteiger partial charge on any atom is -0.497 e. The summed E-state index contributed by atoms with van der Waals surface area (Å²) in [4.78, 5) is 15.5. The number of methoxy groups -OCH3 is 1. The first kappa shape index (κ1) is 18.4. The number of hydrogen-bond donors (Lipinski definition) is 1. The summed E-state index contributed by atoms with van der Waals surface area (Å²) in [7, 11) is 1.67. The molecule has 0 unspecified atom stereocenters. The molecule has 0 spiro atoms. The number of carbonyl (C=O) groups is 1. The SMILES string of the molecule is COc1cccc(-c2cccc(CN3CCN(C(C)=O)C[C@H](O)C3)c2)c1. The van der Waals surface area contributed by atoms with Gasteiger partial charge in [0.25, 0.3) is 0 Å².